The van der Waals surface area contributed by atoms with Gasteiger partial charge in [-0.3, -0.25) is 9.47 Å². The Morgan fingerprint density at radius 3 is 2.47 bits per heavy atom. The molecule has 1 fully saturated rings. The molecule has 8 nitrogen and oxygen atoms in total. The number of benzene rings is 2. The van der Waals surface area contributed by atoms with E-state index >= 15 is 0 Å². The maximum absolute atomic E-state index is 5.34. The van der Waals surface area contributed by atoms with Crippen LogP contribution in [0.25, 0.3) is 5.69 Å². The molecule has 0 amide bonds. The van der Waals surface area contributed by atoms with Gasteiger partial charge in [-0.1, -0.05) is 30.3 Å². The number of aromatic nitrogens is 3. The molecule has 2 N–H and O–H groups in total. The van der Waals surface area contributed by atoms with Gasteiger partial charge in [-0.2, -0.15) is 0 Å². The van der Waals surface area contributed by atoms with E-state index in [-0.39, 0.29) is 30.0 Å². The fourth-order valence-electron chi connectivity index (χ4n) is 4.19. The summed E-state index contributed by atoms with van der Waals surface area (Å²) in [7, 11) is 1.70. The Labute approximate surface area is 218 Å². The summed E-state index contributed by atoms with van der Waals surface area (Å²) in [5.74, 6) is 2.45. The van der Waals surface area contributed by atoms with Gasteiger partial charge in [0.1, 0.15) is 18.6 Å². The van der Waals surface area contributed by atoms with E-state index < -0.39 is 0 Å². The number of halogens is 1. The molecular weight excluding hydrogens is 541 g/mol. The molecule has 1 atom stereocenters. The Morgan fingerprint density at radius 1 is 1.06 bits per heavy atom. The van der Waals surface area contributed by atoms with Crippen molar-refractivity contribution in [3.63, 3.8) is 0 Å². The summed E-state index contributed by atoms with van der Waals surface area (Å²) in [6.45, 7) is 6.29. The maximum atomic E-state index is 5.34. The molecule has 0 bridgehead atoms. The van der Waals surface area contributed by atoms with Crippen LogP contribution in [-0.4, -0.2) is 58.9 Å². The van der Waals surface area contributed by atoms with Gasteiger partial charge < -0.3 is 15.4 Å². The molecule has 2 heterocycles. The van der Waals surface area contributed by atoms with Crippen molar-refractivity contribution >= 4 is 29.9 Å². The smallest absolute Gasteiger partial charge is 0.191 e. The second kappa shape index (κ2) is 13.3. The molecule has 1 aliphatic heterocycles. The van der Waals surface area contributed by atoms with Crippen LogP contribution < -0.4 is 15.4 Å². The number of methoxy groups -OCH3 is 1. The SMILES string of the molecule is CCNC(=NCc1nncn1-c1ccccc1)NCC(c1ccc(OC)cc1)N1CCCC1.I. The van der Waals surface area contributed by atoms with E-state index in [4.69, 9.17) is 9.73 Å². The van der Waals surface area contributed by atoms with Crippen LogP contribution in [0.2, 0.25) is 0 Å². The second-order valence-electron chi connectivity index (χ2n) is 8.06. The van der Waals surface area contributed by atoms with Crippen LogP contribution in [0.15, 0.2) is 65.9 Å². The Balaban J connectivity index is 0.00000324. The molecule has 0 radical (unpaired) electrons. The summed E-state index contributed by atoms with van der Waals surface area (Å²) < 4.78 is 7.31. The van der Waals surface area contributed by atoms with Crippen molar-refractivity contribution in [3.8, 4) is 11.4 Å². The number of nitrogens with one attached hydrogen (secondary N) is 2. The number of likely N-dealkylation sites (tertiary alicyclic amines) is 1. The zero-order valence-electron chi connectivity index (χ0n) is 19.9. The first-order valence-electron chi connectivity index (χ1n) is 11.6. The van der Waals surface area contributed by atoms with E-state index in [1.54, 1.807) is 13.4 Å². The molecule has 1 saturated heterocycles. The van der Waals surface area contributed by atoms with Crippen molar-refractivity contribution in [1.29, 1.82) is 0 Å². The monoisotopic (exact) mass is 575 g/mol. The van der Waals surface area contributed by atoms with Gasteiger partial charge in [0.15, 0.2) is 11.8 Å². The van der Waals surface area contributed by atoms with E-state index in [1.807, 2.05) is 47.0 Å². The molecule has 3 aromatic rings. The predicted molar refractivity (Wildman–Crippen MR) is 146 cm³/mol. The number of para-hydroxylation sites is 1. The second-order valence-corrected chi connectivity index (χ2v) is 8.06. The third-order valence-corrected chi connectivity index (χ3v) is 5.92. The normalized spacial score (nSPS) is 14.9. The highest BCUT2D eigenvalue weighted by Crippen LogP contribution is 2.26. The van der Waals surface area contributed by atoms with E-state index in [2.05, 4.69) is 44.8 Å². The van der Waals surface area contributed by atoms with Gasteiger partial charge >= 0.3 is 0 Å². The minimum absolute atomic E-state index is 0. The van der Waals surface area contributed by atoms with Crippen molar-refractivity contribution in [2.75, 3.05) is 33.3 Å². The first-order chi connectivity index (χ1) is 16.3. The van der Waals surface area contributed by atoms with E-state index in [0.717, 1.165) is 49.4 Å². The van der Waals surface area contributed by atoms with Crippen molar-refractivity contribution in [1.82, 2.24) is 30.3 Å². The lowest BCUT2D eigenvalue weighted by molar-refractivity contribution is 0.245. The van der Waals surface area contributed by atoms with Crippen LogP contribution >= 0.6 is 24.0 Å². The Morgan fingerprint density at radius 2 is 1.79 bits per heavy atom. The molecule has 4 rings (SSSR count). The first-order valence-corrected chi connectivity index (χ1v) is 11.6. The minimum Gasteiger partial charge on any atom is -0.497 e. The summed E-state index contributed by atoms with van der Waals surface area (Å²) in [6, 6.07) is 18.8. The Hall–Kier alpha value is -2.66. The molecular formula is C25H34IN7O. The van der Waals surface area contributed by atoms with Crippen molar-refractivity contribution in [2.24, 2.45) is 4.99 Å². The fourth-order valence-corrected chi connectivity index (χ4v) is 4.19. The van der Waals surface area contributed by atoms with Crippen molar-refractivity contribution in [3.05, 3.63) is 72.3 Å². The van der Waals surface area contributed by atoms with Crippen molar-refractivity contribution in [2.45, 2.75) is 32.4 Å². The largest absolute Gasteiger partial charge is 0.497 e. The highest BCUT2D eigenvalue weighted by molar-refractivity contribution is 14.0. The minimum atomic E-state index is 0. The van der Waals surface area contributed by atoms with Gasteiger partial charge in [-0.15, -0.1) is 34.2 Å². The number of ether oxygens (including phenoxy) is 1. The van der Waals surface area contributed by atoms with E-state index in [0.29, 0.717) is 6.54 Å². The molecule has 0 spiro atoms. The topological polar surface area (TPSA) is 79.6 Å². The predicted octanol–water partition coefficient (Wildman–Crippen LogP) is 3.79. The average molecular weight is 575 g/mol. The number of hydrogen-bond donors (Lipinski definition) is 2. The van der Waals surface area contributed by atoms with Gasteiger partial charge in [0.2, 0.25) is 0 Å². The van der Waals surface area contributed by atoms with Gasteiger partial charge in [0.05, 0.1) is 13.2 Å². The van der Waals surface area contributed by atoms with E-state index in [9.17, 15) is 0 Å². The third-order valence-electron chi connectivity index (χ3n) is 5.92. The standard InChI is InChI=1S/C25H33N7O.HI/c1-3-26-25(28-18-24-30-29-19-32(24)21-9-5-4-6-10-21)27-17-23(31-15-7-8-16-31)20-11-13-22(33-2)14-12-20;/h4-6,9-14,19,23H,3,7-8,15-18H2,1-2H3,(H2,26,27,28);1H. The quantitative estimate of drug-likeness (QED) is 0.230. The lowest BCUT2D eigenvalue weighted by Crippen LogP contribution is -2.42. The number of hydrogen-bond acceptors (Lipinski definition) is 5. The molecule has 34 heavy (non-hydrogen) atoms. The molecule has 1 aliphatic rings. The lowest BCUT2D eigenvalue weighted by atomic mass is 10.1. The van der Waals surface area contributed by atoms with Gasteiger partial charge in [-0.05, 0) is 62.7 Å². The molecule has 182 valence electrons. The fraction of sp³-hybridized carbons (Fsp3) is 0.400. The summed E-state index contributed by atoms with van der Waals surface area (Å²) in [5.41, 5.74) is 2.31. The van der Waals surface area contributed by atoms with Crippen LogP contribution in [0, 0.1) is 0 Å². The number of rotatable bonds is 9. The van der Waals surface area contributed by atoms with E-state index in [1.165, 1.54) is 18.4 Å². The molecule has 1 aromatic heterocycles. The van der Waals surface area contributed by atoms with Crippen LogP contribution in [0.5, 0.6) is 5.75 Å². The Bertz CT molecular complexity index is 1020. The lowest BCUT2D eigenvalue weighted by Gasteiger charge is -2.29. The number of nitrogens with zero attached hydrogens (tertiary/aromatic N) is 5. The average Bonchev–Trinajstić information content (AvgIpc) is 3.56. The summed E-state index contributed by atoms with van der Waals surface area (Å²) >= 11 is 0. The molecule has 0 aliphatic carbocycles. The van der Waals surface area contributed by atoms with Gasteiger partial charge in [0, 0.05) is 18.8 Å². The zero-order chi connectivity index (χ0) is 22.9. The number of guanidine groups is 1. The zero-order valence-corrected chi connectivity index (χ0v) is 22.2. The highest BCUT2D eigenvalue weighted by Gasteiger charge is 2.23. The van der Waals surface area contributed by atoms with Crippen LogP contribution in [0.3, 0.4) is 0 Å². The van der Waals surface area contributed by atoms with Crippen LogP contribution in [-0.2, 0) is 6.54 Å². The maximum Gasteiger partial charge on any atom is 0.191 e. The van der Waals surface area contributed by atoms with Crippen molar-refractivity contribution < 1.29 is 4.74 Å². The molecule has 2 aromatic carbocycles. The summed E-state index contributed by atoms with van der Waals surface area (Å²) in [4.78, 5) is 7.34. The van der Waals surface area contributed by atoms with Gasteiger partial charge in [-0.25, -0.2) is 4.99 Å². The molecule has 9 heteroatoms. The Kier molecular flexibility index (Phi) is 10.1. The van der Waals surface area contributed by atoms with Crippen LogP contribution in [0.1, 0.15) is 37.2 Å². The first kappa shape index (κ1) is 26.0. The summed E-state index contributed by atoms with van der Waals surface area (Å²) in [6.07, 6.45) is 4.22. The van der Waals surface area contributed by atoms with Gasteiger partial charge in [0.25, 0.3) is 0 Å². The third kappa shape index (κ3) is 6.69. The highest BCUT2D eigenvalue weighted by atomic mass is 127. The number of aliphatic imine (C=N–C) groups is 1. The molecule has 1 unspecified atom stereocenters. The molecule has 0 saturated carbocycles. The summed E-state index contributed by atoms with van der Waals surface area (Å²) in [5, 5.41) is 15.3. The van der Waals surface area contributed by atoms with Crippen LogP contribution in [0.4, 0.5) is 0 Å².